The van der Waals surface area contributed by atoms with Crippen LogP contribution >= 0.6 is 0 Å². The molecule has 0 atom stereocenters. The van der Waals surface area contributed by atoms with Crippen molar-refractivity contribution in [3.8, 4) is 11.3 Å². The van der Waals surface area contributed by atoms with Crippen LogP contribution in [0.4, 0.5) is 11.4 Å². The number of anilines is 2. The van der Waals surface area contributed by atoms with E-state index in [9.17, 15) is 14.4 Å². The topological polar surface area (TPSA) is 93.1 Å². The standard InChI is InChI=1S/C29H30N4O3/c1-4-19-11-14-21(15-12-19)30-27(35)18-33-25-10-8-7-9-24(25)32-28(29(33)36)22-17-20(5-2)13-16-23(22)31-26(34)6-3/h7-17H,4-6,18H2,1-3H3,(H,30,35)(H,31,34). The highest BCUT2D eigenvalue weighted by Crippen LogP contribution is 2.28. The number of rotatable bonds is 8. The van der Waals surface area contributed by atoms with Crippen LogP contribution in [0.15, 0.2) is 71.5 Å². The molecular weight excluding hydrogens is 452 g/mol. The summed E-state index contributed by atoms with van der Waals surface area (Å²) in [6.07, 6.45) is 1.98. The average Bonchev–Trinajstić information content (AvgIpc) is 2.90. The molecular formula is C29H30N4O3. The van der Waals surface area contributed by atoms with Gasteiger partial charge in [-0.05, 0) is 60.4 Å². The van der Waals surface area contributed by atoms with Gasteiger partial charge >= 0.3 is 0 Å². The first-order chi connectivity index (χ1) is 17.4. The van der Waals surface area contributed by atoms with Gasteiger partial charge in [-0.2, -0.15) is 0 Å². The number of hydrogen-bond acceptors (Lipinski definition) is 4. The molecule has 0 saturated carbocycles. The molecule has 0 unspecified atom stereocenters. The Bertz CT molecular complexity index is 1470. The van der Waals surface area contributed by atoms with E-state index in [0.29, 0.717) is 34.4 Å². The minimum absolute atomic E-state index is 0.157. The Morgan fingerprint density at radius 2 is 1.53 bits per heavy atom. The number of aryl methyl sites for hydroxylation is 2. The SMILES string of the molecule is CCC(=O)Nc1ccc(CC)cc1-c1nc2ccccc2n(CC(=O)Nc2ccc(CC)cc2)c1=O. The summed E-state index contributed by atoms with van der Waals surface area (Å²) >= 11 is 0. The maximum Gasteiger partial charge on any atom is 0.278 e. The van der Waals surface area contributed by atoms with Crippen molar-refractivity contribution in [2.75, 3.05) is 10.6 Å². The molecule has 4 aromatic rings. The van der Waals surface area contributed by atoms with E-state index in [1.165, 1.54) is 10.1 Å². The van der Waals surface area contributed by atoms with Gasteiger partial charge in [0.05, 0.1) is 16.7 Å². The highest BCUT2D eigenvalue weighted by Gasteiger charge is 2.19. The van der Waals surface area contributed by atoms with Gasteiger partial charge in [-0.3, -0.25) is 19.0 Å². The van der Waals surface area contributed by atoms with E-state index in [2.05, 4.69) is 22.5 Å². The minimum atomic E-state index is -0.398. The van der Waals surface area contributed by atoms with E-state index in [1.54, 1.807) is 19.1 Å². The van der Waals surface area contributed by atoms with Crippen LogP contribution in [-0.4, -0.2) is 21.4 Å². The fourth-order valence-electron chi connectivity index (χ4n) is 4.05. The molecule has 0 radical (unpaired) electrons. The number of fused-ring (bicyclic) bond motifs is 1. The predicted molar refractivity (Wildman–Crippen MR) is 144 cm³/mol. The van der Waals surface area contributed by atoms with Crippen LogP contribution in [0.5, 0.6) is 0 Å². The zero-order chi connectivity index (χ0) is 25.7. The molecule has 1 heterocycles. The predicted octanol–water partition coefficient (Wildman–Crippen LogP) is 5.18. The summed E-state index contributed by atoms with van der Waals surface area (Å²) in [6, 6.07) is 20.5. The maximum atomic E-state index is 13.8. The average molecular weight is 483 g/mol. The first-order valence-corrected chi connectivity index (χ1v) is 12.2. The number of hydrogen-bond donors (Lipinski definition) is 2. The van der Waals surface area contributed by atoms with Crippen LogP contribution in [0.25, 0.3) is 22.3 Å². The van der Waals surface area contributed by atoms with Crippen molar-refractivity contribution >= 4 is 34.2 Å². The molecule has 7 heteroatoms. The van der Waals surface area contributed by atoms with E-state index in [4.69, 9.17) is 0 Å². The van der Waals surface area contributed by atoms with E-state index >= 15 is 0 Å². The molecule has 0 saturated heterocycles. The number of benzene rings is 3. The van der Waals surface area contributed by atoms with E-state index < -0.39 is 5.56 Å². The van der Waals surface area contributed by atoms with Gasteiger partial charge in [0.2, 0.25) is 11.8 Å². The molecule has 0 aliphatic rings. The van der Waals surface area contributed by atoms with Gasteiger partial charge in [-0.15, -0.1) is 0 Å². The Morgan fingerprint density at radius 1 is 0.833 bits per heavy atom. The molecule has 4 rings (SSSR count). The lowest BCUT2D eigenvalue weighted by Gasteiger charge is -2.15. The van der Waals surface area contributed by atoms with Gasteiger partial charge in [0.15, 0.2) is 0 Å². The highest BCUT2D eigenvalue weighted by molar-refractivity contribution is 5.96. The molecule has 3 aromatic carbocycles. The summed E-state index contributed by atoms with van der Waals surface area (Å²) in [4.78, 5) is 43.6. The van der Waals surface area contributed by atoms with Crippen LogP contribution in [-0.2, 0) is 29.0 Å². The largest absolute Gasteiger partial charge is 0.325 e. The minimum Gasteiger partial charge on any atom is -0.325 e. The zero-order valence-corrected chi connectivity index (χ0v) is 20.8. The number of para-hydroxylation sites is 2. The zero-order valence-electron chi connectivity index (χ0n) is 20.8. The van der Waals surface area contributed by atoms with Gasteiger partial charge in [0.25, 0.3) is 5.56 Å². The molecule has 1 aromatic heterocycles. The number of nitrogens with one attached hydrogen (secondary N) is 2. The first-order valence-electron chi connectivity index (χ1n) is 12.2. The van der Waals surface area contributed by atoms with Crippen LogP contribution in [0, 0.1) is 0 Å². The van der Waals surface area contributed by atoms with Gasteiger partial charge in [0, 0.05) is 17.7 Å². The fourth-order valence-corrected chi connectivity index (χ4v) is 4.05. The highest BCUT2D eigenvalue weighted by atomic mass is 16.2. The monoisotopic (exact) mass is 482 g/mol. The first kappa shape index (κ1) is 24.9. The third-order valence-corrected chi connectivity index (χ3v) is 6.14. The lowest BCUT2D eigenvalue weighted by molar-refractivity contribution is -0.117. The van der Waals surface area contributed by atoms with Gasteiger partial charge in [0.1, 0.15) is 12.2 Å². The molecule has 0 bridgehead atoms. The summed E-state index contributed by atoms with van der Waals surface area (Å²) in [6.45, 7) is 5.69. The Hall–Kier alpha value is -4.26. The number of amides is 2. The molecule has 184 valence electrons. The van der Waals surface area contributed by atoms with Crippen molar-refractivity contribution < 1.29 is 9.59 Å². The summed E-state index contributed by atoms with van der Waals surface area (Å²) in [7, 11) is 0. The van der Waals surface area contributed by atoms with Gasteiger partial charge in [-0.25, -0.2) is 4.98 Å². The van der Waals surface area contributed by atoms with E-state index in [-0.39, 0.29) is 24.1 Å². The molecule has 0 aliphatic carbocycles. The normalized spacial score (nSPS) is 10.9. The Kier molecular flexibility index (Phi) is 7.59. The van der Waals surface area contributed by atoms with Crippen molar-refractivity contribution in [2.24, 2.45) is 0 Å². The van der Waals surface area contributed by atoms with E-state index in [1.807, 2.05) is 61.5 Å². The number of nitrogens with zero attached hydrogens (tertiary/aromatic N) is 2. The molecule has 0 aliphatic heterocycles. The lowest BCUT2D eigenvalue weighted by atomic mass is 10.0. The smallest absolute Gasteiger partial charge is 0.278 e. The number of aromatic nitrogens is 2. The number of carbonyl (C=O) groups excluding carboxylic acids is 2. The van der Waals surface area contributed by atoms with Crippen LogP contribution in [0.2, 0.25) is 0 Å². The molecule has 2 amide bonds. The fraction of sp³-hybridized carbons (Fsp3) is 0.241. The Balaban J connectivity index is 1.79. The van der Waals surface area contributed by atoms with Crippen LogP contribution in [0.3, 0.4) is 0 Å². The molecule has 0 spiro atoms. The van der Waals surface area contributed by atoms with Crippen molar-refractivity contribution in [2.45, 2.75) is 46.6 Å². The molecule has 2 N–H and O–H groups in total. The maximum absolute atomic E-state index is 13.8. The second-order valence-electron chi connectivity index (χ2n) is 8.57. The van der Waals surface area contributed by atoms with Gasteiger partial charge in [-0.1, -0.05) is 51.1 Å². The van der Waals surface area contributed by atoms with Crippen molar-refractivity contribution in [1.82, 2.24) is 9.55 Å². The number of carbonyl (C=O) groups is 2. The lowest BCUT2D eigenvalue weighted by Crippen LogP contribution is -2.30. The summed E-state index contributed by atoms with van der Waals surface area (Å²) in [5.41, 5.74) is 4.85. The second kappa shape index (κ2) is 11.0. The Morgan fingerprint density at radius 3 is 2.22 bits per heavy atom. The summed E-state index contributed by atoms with van der Waals surface area (Å²) in [5.74, 6) is -0.472. The Labute approximate surface area is 210 Å². The van der Waals surface area contributed by atoms with Crippen molar-refractivity contribution in [1.29, 1.82) is 0 Å². The summed E-state index contributed by atoms with van der Waals surface area (Å²) < 4.78 is 1.44. The third-order valence-electron chi connectivity index (χ3n) is 6.14. The molecule has 36 heavy (non-hydrogen) atoms. The summed E-state index contributed by atoms with van der Waals surface area (Å²) in [5, 5.41) is 5.76. The van der Waals surface area contributed by atoms with E-state index in [0.717, 1.165) is 18.4 Å². The quantitative estimate of drug-likeness (QED) is 0.362. The van der Waals surface area contributed by atoms with Crippen molar-refractivity contribution in [3.63, 3.8) is 0 Å². The van der Waals surface area contributed by atoms with Gasteiger partial charge < -0.3 is 10.6 Å². The van der Waals surface area contributed by atoms with Crippen LogP contribution < -0.4 is 16.2 Å². The second-order valence-corrected chi connectivity index (χ2v) is 8.57. The van der Waals surface area contributed by atoms with Crippen molar-refractivity contribution in [3.05, 3.63) is 88.2 Å². The van der Waals surface area contributed by atoms with Crippen LogP contribution in [0.1, 0.15) is 38.3 Å². The molecule has 7 nitrogen and oxygen atoms in total. The molecule has 0 fully saturated rings. The third kappa shape index (κ3) is 5.35.